The Morgan fingerprint density at radius 3 is 1.19 bits per heavy atom. The Hall–Kier alpha value is -2.11. The second kappa shape index (κ2) is 18.5. The van der Waals surface area contributed by atoms with E-state index in [2.05, 4.69) is 117 Å². The molecule has 165 valence electrons. The number of rotatable bonds is 8. The summed E-state index contributed by atoms with van der Waals surface area (Å²) in [6.07, 6.45) is 9.91. The average molecular weight is 501 g/mol. The van der Waals surface area contributed by atoms with Crippen LogP contribution >= 0.6 is 0 Å². The summed E-state index contributed by atoms with van der Waals surface area (Å²) in [6.45, 7) is 4.45. The molecule has 1 heteroatoms. The van der Waals surface area contributed by atoms with Crippen LogP contribution in [-0.4, -0.2) is 0 Å². The molecule has 0 N–H and O–H groups in total. The maximum absolute atomic E-state index is 2.23. The molecule has 0 aliphatic carbocycles. The van der Waals surface area contributed by atoms with Crippen molar-refractivity contribution in [3.63, 3.8) is 0 Å². The standard InChI is InChI=1S/C13H11.2C9H13.Zr/c1-3-7-12(8-4-1)11-13-9-5-2-6-10-13;2*1-2-3-6-9-7-4-5-8-9;/h1-11H;2*4-5,7-8H,2-3,6H2,1H3;/q3*-1;+3. The summed E-state index contributed by atoms with van der Waals surface area (Å²) in [5, 5.41) is 0. The minimum atomic E-state index is 0. The molecular formula is C31H37Zr. The number of hydrogen-bond donors (Lipinski definition) is 0. The van der Waals surface area contributed by atoms with Crippen LogP contribution in [-0.2, 0) is 39.0 Å². The number of unbranched alkanes of at least 4 members (excludes halogenated alkanes) is 2. The predicted molar refractivity (Wildman–Crippen MR) is 137 cm³/mol. The Morgan fingerprint density at radius 2 is 0.875 bits per heavy atom. The monoisotopic (exact) mass is 499 g/mol. The summed E-state index contributed by atoms with van der Waals surface area (Å²) in [4.78, 5) is 0. The third kappa shape index (κ3) is 12.7. The zero-order valence-corrected chi connectivity index (χ0v) is 22.2. The van der Waals surface area contributed by atoms with Gasteiger partial charge < -0.3 is 0 Å². The zero-order valence-electron chi connectivity index (χ0n) is 19.7. The van der Waals surface area contributed by atoms with Crippen LogP contribution in [0.4, 0.5) is 0 Å². The molecule has 0 saturated carbocycles. The van der Waals surface area contributed by atoms with Crippen LogP contribution in [0.1, 0.15) is 61.8 Å². The number of benzene rings is 2. The van der Waals surface area contributed by atoms with Gasteiger partial charge in [0.2, 0.25) is 0 Å². The quantitative estimate of drug-likeness (QED) is 0.212. The first kappa shape index (κ1) is 27.9. The fraction of sp³-hybridized carbons (Fsp3) is 0.258. The molecule has 0 aliphatic rings. The van der Waals surface area contributed by atoms with Crippen molar-refractivity contribution >= 4 is 0 Å². The second-order valence-corrected chi connectivity index (χ2v) is 7.76. The van der Waals surface area contributed by atoms with Crippen LogP contribution in [0.5, 0.6) is 0 Å². The molecule has 32 heavy (non-hydrogen) atoms. The maximum Gasteiger partial charge on any atom is 3.00 e. The van der Waals surface area contributed by atoms with Crippen LogP contribution in [0.3, 0.4) is 0 Å². The van der Waals surface area contributed by atoms with Gasteiger partial charge in [0.25, 0.3) is 0 Å². The molecule has 1 radical (unpaired) electrons. The second-order valence-electron chi connectivity index (χ2n) is 7.76. The van der Waals surface area contributed by atoms with E-state index in [0.29, 0.717) is 0 Å². The summed E-state index contributed by atoms with van der Waals surface area (Å²) < 4.78 is 0. The van der Waals surface area contributed by atoms with Gasteiger partial charge in [-0.15, -0.1) is 41.8 Å². The van der Waals surface area contributed by atoms with Gasteiger partial charge in [0.1, 0.15) is 0 Å². The Labute approximate surface area is 215 Å². The van der Waals surface area contributed by atoms with Gasteiger partial charge in [0.05, 0.1) is 0 Å². The van der Waals surface area contributed by atoms with Crippen LogP contribution in [0.25, 0.3) is 0 Å². The average Bonchev–Trinajstić information content (AvgIpc) is 3.53. The van der Waals surface area contributed by atoms with E-state index < -0.39 is 0 Å². The third-order valence-corrected chi connectivity index (χ3v) is 5.03. The van der Waals surface area contributed by atoms with Crippen molar-refractivity contribution in [2.24, 2.45) is 0 Å². The van der Waals surface area contributed by atoms with E-state index in [-0.39, 0.29) is 26.2 Å². The van der Waals surface area contributed by atoms with Crippen molar-refractivity contribution in [1.82, 2.24) is 0 Å². The minimum Gasteiger partial charge on any atom is -0.213 e. The molecule has 0 heterocycles. The SMILES string of the molecule is CCCC[c-]1cccc1.CCCC[c-]1cccc1.[Zr+3].c1ccc([CH-]c2ccccc2)cc1. The Bertz CT molecular complexity index is 783. The molecule has 0 unspecified atom stereocenters. The van der Waals surface area contributed by atoms with Gasteiger partial charge in [0.15, 0.2) is 0 Å². The summed E-state index contributed by atoms with van der Waals surface area (Å²) in [5.74, 6) is 0. The molecule has 0 aliphatic heterocycles. The Balaban J connectivity index is 0.000000243. The maximum atomic E-state index is 2.23. The van der Waals surface area contributed by atoms with Gasteiger partial charge in [-0.1, -0.05) is 88.8 Å². The minimum absolute atomic E-state index is 0. The van der Waals surface area contributed by atoms with Gasteiger partial charge in [-0.2, -0.15) is 35.4 Å². The van der Waals surface area contributed by atoms with E-state index >= 15 is 0 Å². The molecule has 0 amide bonds. The molecule has 0 spiro atoms. The number of hydrogen-bond acceptors (Lipinski definition) is 0. The Kier molecular flexibility index (Phi) is 16.1. The smallest absolute Gasteiger partial charge is 0.213 e. The largest absolute Gasteiger partial charge is 3.00 e. The van der Waals surface area contributed by atoms with E-state index in [0.717, 1.165) is 0 Å². The third-order valence-electron chi connectivity index (χ3n) is 5.03. The van der Waals surface area contributed by atoms with Crippen molar-refractivity contribution < 1.29 is 26.2 Å². The molecule has 4 aromatic rings. The van der Waals surface area contributed by atoms with Crippen molar-refractivity contribution in [2.45, 2.75) is 52.4 Å². The van der Waals surface area contributed by atoms with Crippen LogP contribution in [0.2, 0.25) is 0 Å². The van der Waals surface area contributed by atoms with E-state index in [1.165, 1.54) is 60.8 Å². The van der Waals surface area contributed by atoms with Crippen molar-refractivity contribution in [2.75, 3.05) is 0 Å². The summed E-state index contributed by atoms with van der Waals surface area (Å²) >= 11 is 0. The predicted octanol–water partition coefficient (Wildman–Crippen LogP) is 8.78. The fourth-order valence-electron chi connectivity index (χ4n) is 3.21. The van der Waals surface area contributed by atoms with Crippen molar-refractivity contribution in [3.8, 4) is 0 Å². The molecule has 4 rings (SSSR count). The van der Waals surface area contributed by atoms with Gasteiger partial charge in [-0.05, 0) is 0 Å². The summed E-state index contributed by atoms with van der Waals surface area (Å²) in [6, 6.07) is 37.8. The van der Waals surface area contributed by atoms with Crippen molar-refractivity contribution in [1.29, 1.82) is 0 Å². The van der Waals surface area contributed by atoms with Gasteiger partial charge >= 0.3 is 26.2 Å². The van der Waals surface area contributed by atoms with E-state index in [4.69, 9.17) is 0 Å². The van der Waals surface area contributed by atoms with Gasteiger partial charge in [0, 0.05) is 0 Å². The topological polar surface area (TPSA) is 0 Å². The first-order chi connectivity index (χ1) is 15.3. The Morgan fingerprint density at radius 1 is 0.531 bits per heavy atom. The van der Waals surface area contributed by atoms with E-state index in [9.17, 15) is 0 Å². The summed E-state index contributed by atoms with van der Waals surface area (Å²) in [7, 11) is 0. The molecule has 0 bridgehead atoms. The normalized spacial score (nSPS) is 9.44. The van der Waals surface area contributed by atoms with E-state index in [1.807, 2.05) is 12.1 Å². The first-order valence-corrected chi connectivity index (χ1v) is 11.7. The molecule has 0 nitrogen and oxygen atoms in total. The van der Waals surface area contributed by atoms with E-state index in [1.54, 1.807) is 0 Å². The fourth-order valence-corrected chi connectivity index (χ4v) is 3.21. The molecule has 0 fully saturated rings. The molecule has 0 atom stereocenters. The molecular weight excluding hydrogens is 464 g/mol. The van der Waals surface area contributed by atoms with Crippen LogP contribution in [0.15, 0.2) is 109 Å². The van der Waals surface area contributed by atoms with Crippen molar-refractivity contribution in [3.05, 3.63) is 138 Å². The van der Waals surface area contributed by atoms with Gasteiger partial charge in [-0.25, -0.2) is 24.3 Å². The first-order valence-electron chi connectivity index (χ1n) is 11.7. The zero-order chi connectivity index (χ0) is 22.0. The van der Waals surface area contributed by atoms with Gasteiger partial charge in [-0.3, -0.25) is 0 Å². The molecule has 4 aromatic carbocycles. The van der Waals surface area contributed by atoms with Crippen LogP contribution < -0.4 is 0 Å². The number of aryl methyl sites for hydroxylation is 2. The molecule has 0 aromatic heterocycles. The van der Waals surface area contributed by atoms with Crippen LogP contribution in [0, 0.1) is 6.42 Å². The molecule has 0 saturated heterocycles. The summed E-state index contributed by atoms with van der Waals surface area (Å²) in [5.41, 5.74) is 5.45.